The highest BCUT2D eigenvalue weighted by molar-refractivity contribution is 7.17. The molecule has 2 rings (SSSR count). The van der Waals surface area contributed by atoms with Crippen molar-refractivity contribution in [1.29, 1.82) is 0 Å². The third kappa shape index (κ3) is 3.22. The van der Waals surface area contributed by atoms with E-state index in [2.05, 4.69) is 15.0 Å². The number of aromatic nitrogens is 1. The minimum atomic E-state index is -1.12. The van der Waals surface area contributed by atoms with Gasteiger partial charge >= 0.3 is 5.97 Å². The summed E-state index contributed by atoms with van der Waals surface area (Å²) in [6.45, 7) is 1.59. The molecule has 1 heterocycles. The van der Waals surface area contributed by atoms with E-state index in [1.165, 1.54) is 7.11 Å². The number of amides is 1. The maximum atomic E-state index is 13.1. The number of methoxy groups -OCH3 is 1. The zero-order valence-corrected chi connectivity index (χ0v) is 11.9. The average Bonchev–Trinajstić information content (AvgIpc) is 2.81. The molecule has 0 saturated heterocycles. The van der Waals surface area contributed by atoms with Crippen molar-refractivity contribution >= 4 is 28.3 Å². The van der Waals surface area contributed by atoms with Gasteiger partial charge in [0.15, 0.2) is 16.8 Å². The van der Waals surface area contributed by atoms with Crippen LogP contribution >= 0.6 is 11.3 Å². The van der Waals surface area contributed by atoms with E-state index in [-0.39, 0.29) is 15.6 Å². The monoisotopic (exact) mass is 312 g/mol. The summed E-state index contributed by atoms with van der Waals surface area (Å²) in [6, 6.07) is 2.79. The van der Waals surface area contributed by atoms with Crippen LogP contribution < -0.4 is 5.32 Å². The molecule has 0 aliphatic rings. The van der Waals surface area contributed by atoms with Crippen LogP contribution in [0.25, 0.3) is 0 Å². The summed E-state index contributed by atoms with van der Waals surface area (Å²) >= 11 is 0.937. The Hall–Kier alpha value is -2.35. The maximum Gasteiger partial charge on any atom is 0.350 e. The highest BCUT2D eigenvalue weighted by Gasteiger charge is 2.18. The number of carbonyl (C=O) groups is 2. The molecule has 8 heteroatoms. The first-order chi connectivity index (χ1) is 9.92. The van der Waals surface area contributed by atoms with Crippen LogP contribution in [0.5, 0.6) is 0 Å². The average molecular weight is 312 g/mol. The molecule has 0 aliphatic carbocycles. The smallest absolute Gasteiger partial charge is 0.350 e. The molecule has 1 N–H and O–H groups in total. The lowest BCUT2D eigenvalue weighted by Crippen LogP contribution is -2.12. The van der Waals surface area contributed by atoms with Gasteiger partial charge in [-0.25, -0.2) is 18.6 Å². The number of ether oxygens (including phenoxy) is 1. The van der Waals surface area contributed by atoms with Crippen molar-refractivity contribution in [2.24, 2.45) is 0 Å². The standard InChI is InChI=1S/C13H10F2N2O3S/c1-6-10(12(19)20-2)21-13(16-6)17-11(18)7-3-4-8(14)9(15)5-7/h3-5H,1-2H3,(H,16,17,18). The predicted octanol–water partition coefficient (Wildman–Crippen LogP) is 2.77. The summed E-state index contributed by atoms with van der Waals surface area (Å²) in [4.78, 5) is 27.6. The minimum absolute atomic E-state index is 0.0543. The van der Waals surface area contributed by atoms with E-state index in [9.17, 15) is 18.4 Å². The summed E-state index contributed by atoms with van der Waals surface area (Å²) in [5.41, 5.74) is 0.355. The number of benzene rings is 1. The number of hydrogen-bond acceptors (Lipinski definition) is 5. The molecule has 0 fully saturated rings. The molecule has 0 atom stereocenters. The summed E-state index contributed by atoms with van der Waals surface area (Å²) < 4.78 is 30.5. The van der Waals surface area contributed by atoms with Crippen LogP contribution in [0.15, 0.2) is 18.2 Å². The van der Waals surface area contributed by atoms with Crippen LogP contribution in [0.1, 0.15) is 25.7 Å². The molecular formula is C13H10F2N2O3S. The van der Waals surface area contributed by atoms with Gasteiger partial charge in [-0.3, -0.25) is 10.1 Å². The Morgan fingerprint density at radius 2 is 2.00 bits per heavy atom. The first-order valence-corrected chi connectivity index (χ1v) is 6.56. The molecule has 1 amide bonds. The number of nitrogens with one attached hydrogen (secondary N) is 1. The van der Waals surface area contributed by atoms with Gasteiger partial charge in [-0.2, -0.15) is 0 Å². The number of anilines is 1. The van der Waals surface area contributed by atoms with E-state index in [1.807, 2.05) is 0 Å². The van der Waals surface area contributed by atoms with Gasteiger partial charge in [0, 0.05) is 5.56 Å². The lowest BCUT2D eigenvalue weighted by Gasteiger charge is -2.02. The Labute approximate surface area is 122 Å². The zero-order chi connectivity index (χ0) is 15.6. The molecule has 1 aromatic carbocycles. The van der Waals surface area contributed by atoms with Crippen molar-refractivity contribution in [3.05, 3.63) is 46.0 Å². The first-order valence-electron chi connectivity index (χ1n) is 5.74. The number of halogens is 2. The van der Waals surface area contributed by atoms with Gasteiger partial charge in [-0.1, -0.05) is 11.3 Å². The normalized spacial score (nSPS) is 10.3. The van der Waals surface area contributed by atoms with Crippen molar-refractivity contribution in [1.82, 2.24) is 4.98 Å². The highest BCUT2D eigenvalue weighted by Crippen LogP contribution is 2.23. The molecule has 0 spiro atoms. The van der Waals surface area contributed by atoms with Gasteiger partial charge in [-0.15, -0.1) is 0 Å². The van der Waals surface area contributed by atoms with Crippen LogP contribution in [0.3, 0.4) is 0 Å². The zero-order valence-electron chi connectivity index (χ0n) is 11.1. The van der Waals surface area contributed by atoms with Crippen LogP contribution in [0, 0.1) is 18.6 Å². The fourth-order valence-corrected chi connectivity index (χ4v) is 2.42. The van der Waals surface area contributed by atoms with Crippen molar-refractivity contribution in [3.63, 3.8) is 0 Å². The third-order valence-corrected chi connectivity index (χ3v) is 3.62. The molecule has 0 bridgehead atoms. The van der Waals surface area contributed by atoms with Crippen LogP contribution in [-0.2, 0) is 4.74 Å². The highest BCUT2D eigenvalue weighted by atomic mass is 32.1. The number of hydrogen-bond donors (Lipinski definition) is 1. The summed E-state index contributed by atoms with van der Waals surface area (Å²) in [5.74, 6) is -3.37. The number of esters is 1. The molecule has 2 aromatic rings. The number of rotatable bonds is 3. The lowest BCUT2D eigenvalue weighted by atomic mass is 10.2. The van der Waals surface area contributed by atoms with Crippen molar-refractivity contribution < 1.29 is 23.1 Å². The fourth-order valence-electron chi connectivity index (χ4n) is 1.54. The van der Waals surface area contributed by atoms with Crippen molar-refractivity contribution in [2.75, 3.05) is 12.4 Å². The van der Waals surface area contributed by atoms with E-state index in [0.29, 0.717) is 5.69 Å². The van der Waals surface area contributed by atoms with Crippen LogP contribution in [0.2, 0.25) is 0 Å². The maximum absolute atomic E-state index is 13.1. The van der Waals surface area contributed by atoms with E-state index in [1.54, 1.807) is 6.92 Å². The van der Waals surface area contributed by atoms with Gasteiger partial charge in [0.2, 0.25) is 0 Å². The Morgan fingerprint density at radius 1 is 1.29 bits per heavy atom. The minimum Gasteiger partial charge on any atom is -0.465 e. The van der Waals surface area contributed by atoms with Crippen LogP contribution in [-0.4, -0.2) is 24.0 Å². The SMILES string of the molecule is COC(=O)c1sc(NC(=O)c2ccc(F)c(F)c2)nc1C. The quantitative estimate of drug-likeness (QED) is 0.885. The molecule has 0 saturated carbocycles. The molecule has 110 valence electrons. The Morgan fingerprint density at radius 3 is 2.62 bits per heavy atom. The largest absolute Gasteiger partial charge is 0.465 e. The second-order valence-corrected chi connectivity index (χ2v) is 5.01. The lowest BCUT2D eigenvalue weighted by molar-refractivity contribution is 0.0605. The van der Waals surface area contributed by atoms with E-state index in [0.717, 1.165) is 29.5 Å². The second-order valence-electron chi connectivity index (χ2n) is 4.01. The van der Waals surface area contributed by atoms with Gasteiger partial charge < -0.3 is 4.74 Å². The molecule has 0 aliphatic heterocycles. The molecule has 5 nitrogen and oxygen atoms in total. The van der Waals surface area contributed by atoms with Crippen molar-refractivity contribution in [3.8, 4) is 0 Å². The number of thiazole rings is 1. The van der Waals surface area contributed by atoms with Gasteiger partial charge in [-0.05, 0) is 25.1 Å². The van der Waals surface area contributed by atoms with E-state index in [4.69, 9.17) is 0 Å². The predicted molar refractivity (Wildman–Crippen MR) is 72.5 cm³/mol. The topological polar surface area (TPSA) is 68.3 Å². The fraction of sp³-hybridized carbons (Fsp3) is 0.154. The molecule has 0 radical (unpaired) electrons. The Bertz CT molecular complexity index is 715. The number of carbonyl (C=O) groups excluding carboxylic acids is 2. The van der Waals surface area contributed by atoms with Gasteiger partial charge in [0.1, 0.15) is 4.88 Å². The number of nitrogens with zero attached hydrogens (tertiary/aromatic N) is 1. The molecular weight excluding hydrogens is 302 g/mol. The third-order valence-electron chi connectivity index (χ3n) is 2.57. The Balaban J connectivity index is 2.19. The van der Waals surface area contributed by atoms with Gasteiger partial charge in [0.05, 0.1) is 12.8 Å². The summed E-state index contributed by atoms with van der Waals surface area (Å²) in [6.07, 6.45) is 0. The molecule has 0 unspecified atom stereocenters. The first kappa shape index (κ1) is 15.0. The Kier molecular flexibility index (Phi) is 4.27. The van der Waals surface area contributed by atoms with Crippen LogP contribution in [0.4, 0.5) is 13.9 Å². The molecule has 1 aromatic heterocycles. The number of aryl methyl sites for hydroxylation is 1. The summed E-state index contributed by atoms with van der Waals surface area (Å²) in [5, 5.41) is 2.59. The van der Waals surface area contributed by atoms with E-state index < -0.39 is 23.5 Å². The summed E-state index contributed by atoms with van der Waals surface area (Å²) in [7, 11) is 1.24. The van der Waals surface area contributed by atoms with Gasteiger partial charge in [0.25, 0.3) is 5.91 Å². The second kappa shape index (κ2) is 5.96. The van der Waals surface area contributed by atoms with E-state index >= 15 is 0 Å². The molecule has 21 heavy (non-hydrogen) atoms. The van der Waals surface area contributed by atoms with Crippen molar-refractivity contribution in [2.45, 2.75) is 6.92 Å².